The molecule has 0 aliphatic heterocycles. The van der Waals surface area contributed by atoms with Gasteiger partial charge in [0.25, 0.3) is 0 Å². The molecule has 0 saturated carbocycles. The van der Waals surface area contributed by atoms with E-state index in [0.29, 0.717) is 11.8 Å². The summed E-state index contributed by atoms with van der Waals surface area (Å²) in [7, 11) is 0. The van der Waals surface area contributed by atoms with E-state index in [1.54, 1.807) is 25.3 Å². The molecule has 0 atom stereocenters. The summed E-state index contributed by atoms with van der Waals surface area (Å²) in [6.45, 7) is 2.13. The van der Waals surface area contributed by atoms with E-state index < -0.39 is 0 Å². The summed E-state index contributed by atoms with van der Waals surface area (Å²) in [5.41, 5.74) is 0.735. The molecule has 78 valence electrons. The fraction of sp³-hybridized carbons (Fsp3) is 0.273. The van der Waals surface area contributed by atoms with Gasteiger partial charge in [0, 0.05) is 11.8 Å². The largest absolute Gasteiger partial charge is 0.465 e. The molecule has 0 aliphatic rings. The zero-order valence-corrected chi connectivity index (χ0v) is 9.04. The van der Waals surface area contributed by atoms with Gasteiger partial charge in [0.2, 0.25) is 0 Å². The monoisotopic (exact) mass is 223 g/mol. The second-order valence-corrected chi connectivity index (χ2v) is 3.04. The van der Waals surface area contributed by atoms with Crippen LogP contribution in [0.1, 0.15) is 18.9 Å². The summed E-state index contributed by atoms with van der Waals surface area (Å²) in [5.74, 6) is 5.19. The van der Waals surface area contributed by atoms with Gasteiger partial charge in [-0.2, -0.15) is 0 Å². The minimum Gasteiger partial charge on any atom is -0.465 e. The normalized spacial score (nSPS) is 8.93. The van der Waals surface area contributed by atoms with Crippen LogP contribution in [0.25, 0.3) is 0 Å². The van der Waals surface area contributed by atoms with Crippen LogP contribution in [0.3, 0.4) is 0 Å². The molecule has 0 bridgehead atoms. The number of pyridine rings is 1. The maximum absolute atomic E-state index is 10.9. The fourth-order valence-corrected chi connectivity index (χ4v) is 1.08. The van der Waals surface area contributed by atoms with Gasteiger partial charge >= 0.3 is 5.97 Å². The van der Waals surface area contributed by atoms with E-state index in [4.69, 9.17) is 16.3 Å². The molecule has 0 fully saturated rings. The number of esters is 1. The maximum Gasteiger partial charge on any atom is 0.317 e. The van der Waals surface area contributed by atoms with Gasteiger partial charge in [-0.1, -0.05) is 23.4 Å². The Morgan fingerprint density at radius 3 is 3.13 bits per heavy atom. The predicted molar refractivity (Wildman–Crippen MR) is 57.4 cm³/mol. The van der Waals surface area contributed by atoms with Crippen molar-refractivity contribution in [3.63, 3.8) is 0 Å². The highest BCUT2D eigenvalue weighted by atomic mass is 35.5. The third kappa shape index (κ3) is 4.48. The van der Waals surface area contributed by atoms with E-state index in [-0.39, 0.29) is 12.4 Å². The number of halogens is 1. The molecule has 0 aromatic carbocycles. The van der Waals surface area contributed by atoms with Crippen molar-refractivity contribution in [2.45, 2.75) is 13.3 Å². The standard InChI is InChI=1S/C11H10ClNO2/c1-2-15-11(14)5-3-4-9-6-7-13-10(12)8-9/h6-8H,2,5H2,1H3. The summed E-state index contributed by atoms with van der Waals surface area (Å²) in [4.78, 5) is 14.8. The first-order chi connectivity index (χ1) is 7.22. The van der Waals surface area contributed by atoms with Crippen molar-refractivity contribution in [2.24, 2.45) is 0 Å². The number of nitrogens with zero attached hydrogens (tertiary/aromatic N) is 1. The Balaban J connectivity index is 2.55. The van der Waals surface area contributed by atoms with Crippen LogP contribution < -0.4 is 0 Å². The SMILES string of the molecule is CCOC(=O)CC#Cc1ccnc(Cl)c1. The molecule has 0 radical (unpaired) electrons. The number of aromatic nitrogens is 1. The lowest BCUT2D eigenvalue weighted by Crippen LogP contribution is -2.01. The van der Waals surface area contributed by atoms with Crippen LogP contribution in [0, 0.1) is 11.8 Å². The van der Waals surface area contributed by atoms with Gasteiger partial charge in [0.1, 0.15) is 11.6 Å². The number of carbonyl (C=O) groups excluding carboxylic acids is 1. The highest BCUT2D eigenvalue weighted by Gasteiger charge is 1.96. The van der Waals surface area contributed by atoms with E-state index in [2.05, 4.69) is 16.8 Å². The molecule has 0 saturated heterocycles. The van der Waals surface area contributed by atoms with Crippen molar-refractivity contribution in [1.82, 2.24) is 4.98 Å². The molecule has 0 N–H and O–H groups in total. The van der Waals surface area contributed by atoms with Crippen LogP contribution in [-0.2, 0) is 9.53 Å². The highest BCUT2D eigenvalue weighted by Crippen LogP contribution is 2.05. The molecule has 15 heavy (non-hydrogen) atoms. The second kappa shape index (κ2) is 6.05. The van der Waals surface area contributed by atoms with Crippen molar-refractivity contribution in [1.29, 1.82) is 0 Å². The first-order valence-electron chi connectivity index (χ1n) is 4.48. The Morgan fingerprint density at radius 1 is 1.67 bits per heavy atom. The number of hydrogen-bond acceptors (Lipinski definition) is 3. The molecule has 1 heterocycles. The molecule has 1 aromatic heterocycles. The summed E-state index contributed by atoms with van der Waals surface area (Å²) in [6.07, 6.45) is 1.66. The first kappa shape index (κ1) is 11.5. The lowest BCUT2D eigenvalue weighted by Gasteiger charge is -1.94. The Kier molecular flexibility index (Phi) is 4.65. The van der Waals surface area contributed by atoms with Crippen LogP contribution in [0.5, 0.6) is 0 Å². The Hall–Kier alpha value is -1.53. The maximum atomic E-state index is 10.9. The predicted octanol–water partition coefficient (Wildman–Crippen LogP) is 2.04. The van der Waals surface area contributed by atoms with E-state index in [9.17, 15) is 4.79 Å². The van der Waals surface area contributed by atoms with E-state index >= 15 is 0 Å². The third-order valence-electron chi connectivity index (χ3n) is 1.50. The molecule has 0 unspecified atom stereocenters. The van der Waals surface area contributed by atoms with Crippen LogP contribution >= 0.6 is 11.6 Å². The third-order valence-corrected chi connectivity index (χ3v) is 1.70. The van der Waals surface area contributed by atoms with Gasteiger partial charge in [-0.25, -0.2) is 4.98 Å². The van der Waals surface area contributed by atoms with Crippen LogP contribution in [-0.4, -0.2) is 17.6 Å². The van der Waals surface area contributed by atoms with Gasteiger partial charge in [-0.15, -0.1) is 0 Å². The van der Waals surface area contributed by atoms with Crippen LogP contribution in [0.4, 0.5) is 0 Å². The summed E-state index contributed by atoms with van der Waals surface area (Å²) >= 11 is 5.67. The van der Waals surface area contributed by atoms with Gasteiger partial charge < -0.3 is 4.74 Å². The lowest BCUT2D eigenvalue weighted by atomic mass is 10.2. The lowest BCUT2D eigenvalue weighted by molar-refractivity contribution is -0.141. The minimum atomic E-state index is -0.315. The van der Waals surface area contributed by atoms with E-state index in [1.807, 2.05) is 0 Å². The number of rotatable bonds is 2. The molecule has 3 nitrogen and oxygen atoms in total. The average Bonchev–Trinajstić information content (AvgIpc) is 2.18. The summed E-state index contributed by atoms with van der Waals surface area (Å²) < 4.78 is 4.72. The smallest absolute Gasteiger partial charge is 0.317 e. The van der Waals surface area contributed by atoms with Crippen LogP contribution in [0.15, 0.2) is 18.3 Å². The van der Waals surface area contributed by atoms with Crippen molar-refractivity contribution in [3.05, 3.63) is 29.0 Å². The van der Waals surface area contributed by atoms with E-state index in [1.165, 1.54) is 0 Å². The second-order valence-electron chi connectivity index (χ2n) is 2.65. The Labute approximate surface area is 93.4 Å². The Morgan fingerprint density at radius 2 is 2.47 bits per heavy atom. The zero-order chi connectivity index (χ0) is 11.1. The van der Waals surface area contributed by atoms with Gasteiger partial charge in [0.05, 0.1) is 6.61 Å². The van der Waals surface area contributed by atoms with Crippen LogP contribution in [0.2, 0.25) is 5.15 Å². The highest BCUT2D eigenvalue weighted by molar-refractivity contribution is 6.29. The molecule has 0 spiro atoms. The number of carbonyl (C=O) groups is 1. The molecular formula is C11H10ClNO2. The molecular weight excluding hydrogens is 214 g/mol. The van der Waals surface area contributed by atoms with Gasteiger partial charge in [-0.3, -0.25) is 4.79 Å². The van der Waals surface area contributed by atoms with Crippen molar-refractivity contribution >= 4 is 17.6 Å². The average molecular weight is 224 g/mol. The van der Waals surface area contributed by atoms with Crippen molar-refractivity contribution < 1.29 is 9.53 Å². The van der Waals surface area contributed by atoms with Gasteiger partial charge in [-0.05, 0) is 19.1 Å². The topological polar surface area (TPSA) is 39.2 Å². The molecule has 1 aromatic rings. The zero-order valence-electron chi connectivity index (χ0n) is 8.29. The number of ether oxygens (including phenoxy) is 1. The van der Waals surface area contributed by atoms with Crippen molar-refractivity contribution in [2.75, 3.05) is 6.61 Å². The molecule has 0 aliphatic carbocycles. The Bertz CT molecular complexity index is 407. The first-order valence-corrected chi connectivity index (χ1v) is 4.86. The summed E-state index contributed by atoms with van der Waals surface area (Å²) in [5, 5.41) is 0.387. The quantitative estimate of drug-likeness (QED) is 0.438. The minimum absolute atomic E-state index is 0.0911. The molecule has 4 heteroatoms. The summed E-state index contributed by atoms with van der Waals surface area (Å²) in [6, 6.07) is 3.36. The van der Waals surface area contributed by atoms with Crippen molar-refractivity contribution in [3.8, 4) is 11.8 Å². The fourth-order valence-electron chi connectivity index (χ4n) is 0.911. The molecule has 0 amide bonds. The molecule has 1 rings (SSSR count). The van der Waals surface area contributed by atoms with Gasteiger partial charge in [0.15, 0.2) is 0 Å². The van der Waals surface area contributed by atoms with E-state index in [0.717, 1.165) is 5.56 Å². The number of hydrogen-bond donors (Lipinski definition) is 0.